The molecule has 1 aromatic carbocycles. The second-order valence-electron chi connectivity index (χ2n) is 7.11. The van der Waals surface area contributed by atoms with E-state index in [0.29, 0.717) is 5.41 Å². The number of benzene rings is 1. The van der Waals surface area contributed by atoms with Crippen LogP contribution in [-0.2, 0) is 6.42 Å². The molecule has 0 saturated carbocycles. The van der Waals surface area contributed by atoms with Crippen LogP contribution in [0.3, 0.4) is 0 Å². The van der Waals surface area contributed by atoms with Gasteiger partial charge in [0.1, 0.15) is 0 Å². The average Bonchev–Trinajstić information content (AvgIpc) is 2.37. The van der Waals surface area contributed by atoms with Crippen molar-refractivity contribution >= 4 is 23.7 Å². The predicted octanol–water partition coefficient (Wildman–Crippen LogP) is 4.15. The van der Waals surface area contributed by atoms with Crippen molar-refractivity contribution < 1.29 is 0 Å². The SMILES string of the molecule is C[C]1=Cc2ccc(CC(C)(C)C)c[c]2[Ge]1([CH3])[CH3]. The number of fused-ring (bicyclic) bond motifs is 1. The van der Waals surface area contributed by atoms with Crippen molar-refractivity contribution in [2.24, 2.45) is 5.41 Å². The fourth-order valence-electron chi connectivity index (χ4n) is 2.62. The van der Waals surface area contributed by atoms with E-state index in [1.165, 1.54) is 17.5 Å². The normalized spacial score (nSPS) is 17.9. The molecule has 0 aliphatic carbocycles. The van der Waals surface area contributed by atoms with E-state index in [1.54, 1.807) is 8.80 Å². The third-order valence-corrected chi connectivity index (χ3v) is 12.1. The predicted molar refractivity (Wildman–Crippen MR) is 80.4 cm³/mol. The Morgan fingerprint density at radius 2 is 1.76 bits per heavy atom. The number of hydrogen-bond acceptors (Lipinski definition) is 0. The summed E-state index contributed by atoms with van der Waals surface area (Å²) in [4.78, 5) is 0. The van der Waals surface area contributed by atoms with Crippen LogP contribution >= 0.6 is 0 Å². The molecule has 0 amide bonds. The van der Waals surface area contributed by atoms with E-state index < -0.39 is 13.3 Å². The molecule has 0 nitrogen and oxygen atoms in total. The maximum atomic E-state index is 2.51. The zero-order valence-electron chi connectivity index (χ0n) is 12.0. The van der Waals surface area contributed by atoms with Gasteiger partial charge in [0, 0.05) is 0 Å². The third kappa shape index (κ3) is 2.52. The van der Waals surface area contributed by atoms with Gasteiger partial charge in [-0.3, -0.25) is 0 Å². The van der Waals surface area contributed by atoms with E-state index in [9.17, 15) is 0 Å². The van der Waals surface area contributed by atoms with Gasteiger partial charge >= 0.3 is 109 Å². The van der Waals surface area contributed by atoms with Gasteiger partial charge in [-0.2, -0.15) is 0 Å². The zero-order valence-corrected chi connectivity index (χ0v) is 14.1. The van der Waals surface area contributed by atoms with Gasteiger partial charge in [0.25, 0.3) is 0 Å². The van der Waals surface area contributed by atoms with E-state index in [1.807, 2.05) is 0 Å². The van der Waals surface area contributed by atoms with Crippen LogP contribution in [0, 0.1) is 5.41 Å². The van der Waals surface area contributed by atoms with Gasteiger partial charge < -0.3 is 0 Å². The summed E-state index contributed by atoms with van der Waals surface area (Å²) in [6, 6.07) is 7.14. The van der Waals surface area contributed by atoms with Crippen molar-refractivity contribution in [1.29, 1.82) is 0 Å². The number of allylic oxidation sites excluding steroid dienone is 1. The molecular weight excluding hydrogens is 265 g/mol. The molecule has 1 aliphatic heterocycles. The van der Waals surface area contributed by atoms with E-state index in [0.717, 1.165) is 0 Å². The Hall–Kier alpha value is -0.497. The van der Waals surface area contributed by atoms with Gasteiger partial charge in [-0.25, -0.2) is 0 Å². The first-order chi connectivity index (χ1) is 7.70. The monoisotopic (exact) mass is 290 g/mol. The topological polar surface area (TPSA) is 0 Å². The Labute approximate surface area is 108 Å². The molecule has 1 heterocycles. The minimum absolute atomic E-state index is 0.381. The van der Waals surface area contributed by atoms with E-state index in [-0.39, 0.29) is 0 Å². The molecule has 0 saturated heterocycles. The first-order valence-corrected chi connectivity index (χ1v) is 12.8. The van der Waals surface area contributed by atoms with Crippen LogP contribution in [0.4, 0.5) is 0 Å². The molecule has 92 valence electrons. The van der Waals surface area contributed by atoms with Gasteiger partial charge in [-0.1, -0.05) is 0 Å². The Balaban J connectivity index is 2.39. The van der Waals surface area contributed by atoms with Gasteiger partial charge in [0.15, 0.2) is 0 Å². The molecule has 1 heteroatoms. The molecule has 0 atom stereocenters. The number of rotatable bonds is 1. The summed E-state index contributed by atoms with van der Waals surface area (Å²) in [6.45, 7) is 9.27. The maximum absolute atomic E-state index is 2.51. The molecule has 1 aliphatic rings. The molecular formula is C16H24Ge. The molecule has 0 aromatic heterocycles. The van der Waals surface area contributed by atoms with Gasteiger partial charge in [0.05, 0.1) is 0 Å². The van der Waals surface area contributed by atoms with E-state index in [4.69, 9.17) is 0 Å². The van der Waals surface area contributed by atoms with Crippen LogP contribution in [-0.4, -0.2) is 13.3 Å². The van der Waals surface area contributed by atoms with Crippen LogP contribution in [0.5, 0.6) is 0 Å². The average molecular weight is 289 g/mol. The first-order valence-electron chi connectivity index (χ1n) is 6.52. The fraction of sp³-hybridized carbons (Fsp3) is 0.500. The summed E-state index contributed by atoms with van der Waals surface area (Å²) in [5.41, 5.74) is 3.38. The van der Waals surface area contributed by atoms with Crippen molar-refractivity contribution in [3.8, 4) is 0 Å². The van der Waals surface area contributed by atoms with Crippen molar-refractivity contribution in [2.45, 2.75) is 45.6 Å². The summed E-state index contributed by atoms with van der Waals surface area (Å²) in [6.07, 6.45) is 3.59. The Bertz CT molecular complexity index is 473. The van der Waals surface area contributed by atoms with Crippen LogP contribution in [0.2, 0.25) is 11.5 Å². The van der Waals surface area contributed by atoms with Gasteiger partial charge in [-0.05, 0) is 0 Å². The summed E-state index contributed by atoms with van der Waals surface area (Å²) in [5, 5.41) is 0. The standard InChI is InChI=1S/C16H24Ge/c1-12-9-14-8-7-13(11-16(2,3)4)10-15(14)17(12,5)6/h7-10H,11H2,1-6H3. The zero-order chi connectivity index (χ0) is 12.8. The van der Waals surface area contributed by atoms with Crippen molar-refractivity contribution in [3.63, 3.8) is 0 Å². The molecule has 1 aromatic rings. The summed E-state index contributed by atoms with van der Waals surface area (Å²) in [7, 11) is 0. The molecule has 0 bridgehead atoms. The Kier molecular flexibility index (Phi) is 3.06. The van der Waals surface area contributed by atoms with Crippen molar-refractivity contribution in [3.05, 3.63) is 33.7 Å². The molecule has 0 N–H and O–H groups in total. The molecule has 0 spiro atoms. The summed E-state index contributed by atoms with van der Waals surface area (Å²) in [5.74, 6) is 5.02. The van der Waals surface area contributed by atoms with E-state index >= 15 is 0 Å². The first kappa shape index (κ1) is 12.9. The second kappa shape index (κ2) is 4.01. The van der Waals surface area contributed by atoms with Crippen LogP contribution in [0.1, 0.15) is 38.8 Å². The summed E-state index contributed by atoms with van der Waals surface area (Å²) >= 11 is -1.84. The molecule has 0 radical (unpaired) electrons. The third-order valence-electron chi connectivity index (χ3n) is 3.88. The van der Waals surface area contributed by atoms with Crippen LogP contribution in [0.15, 0.2) is 22.6 Å². The van der Waals surface area contributed by atoms with Crippen molar-refractivity contribution in [1.82, 2.24) is 0 Å². The Morgan fingerprint density at radius 3 is 2.35 bits per heavy atom. The molecule has 2 rings (SSSR count). The van der Waals surface area contributed by atoms with Crippen molar-refractivity contribution in [2.75, 3.05) is 0 Å². The van der Waals surface area contributed by atoms with Gasteiger partial charge in [-0.15, -0.1) is 0 Å². The van der Waals surface area contributed by atoms with Crippen LogP contribution in [0.25, 0.3) is 6.08 Å². The molecule has 0 unspecified atom stereocenters. The Morgan fingerprint density at radius 1 is 1.12 bits per heavy atom. The quantitative estimate of drug-likeness (QED) is 0.681. The second-order valence-corrected chi connectivity index (χ2v) is 16.7. The number of hydrogen-bond donors (Lipinski definition) is 0. The molecule has 0 fully saturated rings. The summed E-state index contributed by atoms with van der Waals surface area (Å²) < 4.78 is 3.34. The van der Waals surface area contributed by atoms with E-state index in [2.05, 4.69) is 63.5 Å². The fourth-order valence-corrected chi connectivity index (χ4v) is 7.58. The van der Waals surface area contributed by atoms with Gasteiger partial charge in [0.2, 0.25) is 0 Å². The molecule has 17 heavy (non-hydrogen) atoms. The minimum atomic E-state index is -1.84. The van der Waals surface area contributed by atoms with Crippen LogP contribution < -0.4 is 4.40 Å².